The zero-order valence-corrected chi connectivity index (χ0v) is 20.3. The lowest BCUT2D eigenvalue weighted by Crippen LogP contribution is -2.29. The van der Waals surface area contributed by atoms with Crippen molar-refractivity contribution in [3.8, 4) is 0 Å². The number of hydrogen-bond acceptors (Lipinski definition) is 5. The maximum absolute atomic E-state index is 13.3. The third kappa shape index (κ3) is 3.67. The molecule has 1 aliphatic heterocycles. The number of carbonyl (C=O) groups is 2. The number of aliphatic hydroxyl groups is 1. The molecule has 1 aromatic heterocycles. The molecule has 0 saturated carbocycles. The van der Waals surface area contributed by atoms with Gasteiger partial charge < -0.3 is 5.11 Å². The molecule has 0 spiro atoms. The summed E-state index contributed by atoms with van der Waals surface area (Å²) in [5.74, 6) is -1.63. The second kappa shape index (κ2) is 8.24. The van der Waals surface area contributed by atoms with Crippen LogP contribution in [0.5, 0.6) is 0 Å². The average molecular weight is 519 g/mol. The quantitative estimate of drug-likeness (QED) is 0.196. The summed E-state index contributed by atoms with van der Waals surface area (Å²) in [5.41, 5.74) is 4.15. The van der Waals surface area contributed by atoms with Gasteiger partial charge in [-0.05, 0) is 48.7 Å². The molecule has 164 valence electrons. The standard InChI is InChI=1S/C26H19BrN2O3S/c1-14-11-15(2)21-19(12-14)33-26(28-21)29-22(17-9-6-10-18(27)13-17)20(24(31)25(29)32)23(30)16-7-4-3-5-8-16/h3-13,22,30H,1-2H3/b23-20+/t22-/m0/s1. The van der Waals surface area contributed by atoms with Crippen LogP contribution in [0.25, 0.3) is 16.0 Å². The molecule has 3 aromatic carbocycles. The average Bonchev–Trinajstić information content (AvgIpc) is 3.33. The molecule has 1 fully saturated rings. The molecule has 0 radical (unpaired) electrons. The van der Waals surface area contributed by atoms with Crippen LogP contribution in [-0.4, -0.2) is 21.8 Å². The van der Waals surface area contributed by atoms with E-state index >= 15 is 0 Å². The Labute approximate surface area is 203 Å². The van der Waals surface area contributed by atoms with Gasteiger partial charge in [-0.1, -0.05) is 75.8 Å². The molecule has 7 heteroatoms. The van der Waals surface area contributed by atoms with Crippen molar-refractivity contribution in [2.45, 2.75) is 19.9 Å². The molecule has 0 unspecified atom stereocenters. The van der Waals surface area contributed by atoms with Crippen LogP contribution >= 0.6 is 27.3 Å². The Morgan fingerprint density at radius 1 is 1.03 bits per heavy atom. The zero-order valence-electron chi connectivity index (χ0n) is 17.9. The molecule has 0 bridgehead atoms. The van der Waals surface area contributed by atoms with Crippen molar-refractivity contribution in [3.05, 3.63) is 99.0 Å². The summed E-state index contributed by atoms with van der Waals surface area (Å²) >= 11 is 4.85. The Morgan fingerprint density at radius 3 is 2.52 bits per heavy atom. The van der Waals surface area contributed by atoms with Crippen molar-refractivity contribution >= 4 is 60.1 Å². The highest BCUT2D eigenvalue weighted by Crippen LogP contribution is 2.45. The van der Waals surface area contributed by atoms with Gasteiger partial charge >= 0.3 is 5.91 Å². The number of carbonyl (C=O) groups excluding carboxylic acids is 2. The lowest BCUT2D eigenvalue weighted by atomic mass is 9.95. The molecular weight excluding hydrogens is 500 g/mol. The number of ketones is 1. The predicted molar refractivity (Wildman–Crippen MR) is 134 cm³/mol. The van der Waals surface area contributed by atoms with E-state index in [1.807, 2.05) is 56.3 Å². The normalized spacial score (nSPS) is 17.8. The van der Waals surface area contributed by atoms with Crippen LogP contribution in [-0.2, 0) is 9.59 Å². The highest BCUT2D eigenvalue weighted by Gasteiger charge is 2.48. The van der Waals surface area contributed by atoms with E-state index in [0.29, 0.717) is 16.3 Å². The number of hydrogen-bond donors (Lipinski definition) is 1. The number of aliphatic hydroxyl groups excluding tert-OH is 1. The van der Waals surface area contributed by atoms with Crippen LogP contribution < -0.4 is 4.90 Å². The maximum atomic E-state index is 13.3. The number of anilines is 1. The topological polar surface area (TPSA) is 70.5 Å². The third-order valence-corrected chi connectivity index (χ3v) is 7.18. The van der Waals surface area contributed by atoms with Crippen LogP contribution in [0.4, 0.5) is 5.13 Å². The van der Waals surface area contributed by atoms with Crippen LogP contribution in [0.15, 0.2) is 76.8 Å². The smallest absolute Gasteiger partial charge is 0.301 e. The van der Waals surface area contributed by atoms with Crippen molar-refractivity contribution in [2.24, 2.45) is 0 Å². The fourth-order valence-corrected chi connectivity index (χ4v) is 5.82. The largest absolute Gasteiger partial charge is 0.507 e. The summed E-state index contributed by atoms with van der Waals surface area (Å²) in [4.78, 5) is 32.8. The first-order valence-corrected chi connectivity index (χ1v) is 12.0. The van der Waals surface area contributed by atoms with E-state index in [1.54, 1.807) is 24.3 Å². The van der Waals surface area contributed by atoms with Crippen molar-refractivity contribution in [2.75, 3.05) is 4.90 Å². The van der Waals surface area contributed by atoms with Crippen molar-refractivity contribution in [1.82, 2.24) is 4.98 Å². The number of rotatable bonds is 3. The van der Waals surface area contributed by atoms with E-state index in [2.05, 4.69) is 15.9 Å². The minimum atomic E-state index is -0.801. The van der Waals surface area contributed by atoms with Gasteiger partial charge in [0.15, 0.2) is 5.13 Å². The van der Waals surface area contributed by atoms with Gasteiger partial charge in [0.05, 0.1) is 21.8 Å². The van der Waals surface area contributed by atoms with E-state index in [-0.39, 0.29) is 11.3 Å². The zero-order chi connectivity index (χ0) is 23.3. The third-order valence-electron chi connectivity index (χ3n) is 5.68. The van der Waals surface area contributed by atoms with Crippen LogP contribution in [0, 0.1) is 13.8 Å². The number of halogens is 1. The van der Waals surface area contributed by atoms with E-state index in [1.165, 1.54) is 16.2 Å². The molecule has 1 aliphatic rings. The fraction of sp³-hybridized carbons (Fsp3) is 0.115. The molecule has 1 amide bonds. The highest BCUT2D eigenvalue weighted by atomic mass is 79.9. The highest BCUT2D eigenvalue weighted by molar-refractivity contribution is 9.10. The number of aromatic nitrogens is 1. The van der Waals surface area contributed by atoms with Gasteiger partial charge in [-0.2, -0.15) is 0 Å². The summed E-state index contributed by atoms with van der Waals surface area (Å²) < 4.78 is 1.75. The number of fused-ring (bicyclic) bond motifs is 1. The van der Waals surface area contributed by atoms with Gasteiger partial charge in [-0.15, -0.1) is 0 Å². The van der Waals surface area contributed by atoms with Gasteiger partial charge in [0.1, 0.15) is 5.76 Å². The van der Waals surface area contributed by atoms with E-state index in [0.717, 1.165) is 25.8 Å². The molecule has 5 rings (SSSR count). The molecule has 1 atom stereocenters. The summed E-state index contributed by atoms with van der Waals surface area (Å²) in [5, 5.41) is 11.6. The monoisotopic (exact) mass is 518 g/mol. The summed E-state index contributed by atoms with van der Waals surface area (Å²) in [7, 11) is 0. The van der Waals surface area contributed by atoms with Crippen molar-refractivity contribution < 1.29 is 14.7 Å². The van der Waals surface area contributed by atoms with E-state index in [9.17, 15) is 14.7 Å². The first-order valence-electron chi connectivity index (χ1n) is 10.3. The molecule has 33 heavy (non-hydrogen) atoms. The first-order chi connectivity index (χ1) is 15.8. The SMILES string of the molecule is Cc1cc(C)c2nc(N3C(=O)C(=O)/C(=C(/O)c4ccccc4)[C@@H]3c3cccc(Br)c3)sc2c1. The lowest BCUT2D eigenvalue weighted by Gasteiger charge is -2.23. The van der Waals surface area contributed by atoms with Crippen LogP contribution in [0.3, 0.4) is 0 Å². The first kappa shape index (κ1) is 21.6. The Morgan fingerprint density at radius 2 is 1.79 bits per heavy atom. The van der Waals surface area contributed by atoms with Gasteiger partial charge in [-0.3, -0.25) is 14.5 Å². The number of Topliss-reactive ketones (excluding diaryl/α,β-unsaturated/α-hetero) is 1. The minimum Gasteiger partial charge on any atom is -0.507 e. The number of amides is 1. The van der Waals surface area contributed by atoms with Crippen LogP contribution in [0.1, 0.15) is 28.3 Å². The van der Waals surface area contributed by atoms with E-state index < -0.39 is 17.7 Å². The number of benzene rings is 3. The van der Waals surface area contributed by atoms with Gasteiger partial charge in [0, 0.05) is 10.0 Å². The summed E-state index contributed by atoms with van der Waals surface area (Å²) in [6.07, 6.45) is 0. The molecule has 0 aliphatic carbocycles. The predicted octanol–water partition coefficient (Wildman–Crippen LogP) is 6.30. The molecule has 2 heterocycles. The summed E-state index contributed by atoms with van der Waals surface area (Å²) in [6.45, 7) is 3.99. The Hall–Kier alpha value is -3.29. The fourth-order valence-electron chi connectivity index (χ4n) is 4.24. The van der Waals surface area contributed by atoms with Crippen LogP contribution in [0.2, 0.25) is 0 Å². The molecule has 1 saturated heterocycles. The lowest BCUT2D eigenvalue weighted by molar-refractivity contribution is -0.132. The maximum Gasteiger partial charge on any atom is 0.301 e. The number of thiazole rings is 1. The second-order valence-corrected chi connectivity index (χ2v) is 9.94. The second-order valence-electron chi connectivity index (χ2n) is 8.02. The van der Waals surface area contributed by atoms with Crippen molar-refractivity contribution in [1.29, 1.82) is 0 Å². The van der Waals surface area contributed by atoms with E-state index in [4.69, 9.17) is 4.98 Å². The minimum absolute atomic E-state index is 0.0523. The Kier molecular flexibility index (Phi) is 5.38. The molecular formula is C26H19BrN2O3S. The number of aryl methyl sites for hydroxylation is 2. The molecule has 5 nitrogen and oxygen atoms in total. The van der Waals surface area contributed by atoms with Gasteiger partial charge in [0.2, 0.25) is 0 Å². The molecule has 1 N–H and O–H groups in total. The molecule has 4 aromatic rings. The summed E-state index contributed by atoms with van der Waals surface area (Å²) in [6, 6.07) is 19.5. The Balaban J connectivity index is 1.76. The van der Waals surface area contributed by atoms with Gasteiger partial charge in [-0.25, -0.2) is 4.98 Å². The van der Waals surface area contributed by atoms with Crippen molar-refractivity contribution in [3.63, 3.8) is 0 Å². The Bertz CT molecular complexity index is 1460. The van der Waals surface area contributed by atoms with Gasteiger partial charge in [0.25, 0.3) is 5.78 Å². The number of nitrogens with zero attached hydrogens (tertiary/aromatic N) is 2.